The molecular formula is C16H24N4. The zero-order chi connectivity index (χ0) is 14.4. The first-order valence-electron chi connectivity index (χ1n) is 7.16. The molecule has 0 aliphatic rings. The number of hydrogen-bond acceptors (Lipinski definition) is 3. The molecule has 0 fully saturated rings. The molecule has 0 amide bonds. The molecule has 0 saturated heterocycles. The van der Waals surface area contributed by atoms with Crippen LogP contribution in [0.2, 0.25) is 0 Å². The minimum absolute atomic E-state index is 0.815. The monoisotopic (exact) mass is 272 g/mol. The zero-order valence-electron chi connectivity index (χ0n) is 12.6. The van der Waals surface area contributed by atoms with Crippen LogP contribution >= 0.6 is 0 Å². The number of aryl methyl sites for hydroxylation is 1. The van der Waals surface area contributed by atoms with Crippen molar-refractivity contribution in [3.05, 3.63) is 47.8 Å². The van der Waals surface area contributed by atoms with Crippen molar-refractivity contribution < 1.29 is 0 Å². The molecule has 0 atom stereocenters. The van der Waals surface area contributed by atoms with Crippen molar-refractivity contribution >= 4 is 5.69 Å². The lowest BCUT2D eigenvalue weighted by atomic mass is 10.2. The van der Waals surface area contributed by atoms with Crippen LogP contribution in [0.5, 0.6) is 0 Å². The highest BCUT2D eigenvalue weighted by atomic mass is 15.3. The second-order valence-electron chi connectivity index (χ2n) is 5.40. The Morgan fingerprint density at radius 3 is 2.85 bits per heavy atom. The van der Waals surface area contributed by atoms with Crippen LogP contribution in [0.25, 0.3) is 0 Å². The van der Waals surface area contributed by atoms with Crippen molar-refractivity contribution in [2.45, 2.75) is 33.0 Å². The highest BCUT2D eigenvalue weighted by Gasteiger charge is 2.00. The van der Waals surface area contributed by atoms with Gasteiger partial charge in [0.05, 0.1) is 6.20 Å². The van der Waals surface area contributed by atoms with Gasteiger partial charge in [-0.2, -0.15) is 5.10 Å². The minimum Gasteiger partial charge on any atom is -0.381 e. The Hall–Kier alpha value is -1.81. The molecule has 1 heterocycles. The van der Waals surface area contributed by atoms with Crippen LogP contribution < -0.4 is 5.32 Å². The van der Waals surface area contributed by atoms with Gasteiger partial charge in [-0.25, -0.2) is 0 Å². The maximum absolute atomic E-state index is 4.35. The first-order valence-corrected chi connectivity index (χ1v) is 7.16. The predicted molar refractivity (Wildman–Crippen MR) is 83.7 cm³/mol. The molecule has 20 heavy (non-hydrogen) atoms. The van der Waals surface area contributed by atoms with E-state index in [1.54, 1.807) is 0 Å². The third-order valence-electron chi connectivity index (χ3n) is 3.06. The first-order chi connectivity index (χ1) is 9.67. The van der Waals surface area contributed by atoms with Gasteiger partial charge in [0.25, 0.3) is 0 Å². The van der Waals surface area contributed by atoms with Gasteiger partial charge in [-0.05, 0) is 38.2 Å². The number of aromatic nitrogens is 2. The van der Waals surface area contributed by atoms with E-state index in [1.807, 2.05) is 10.9 Å². The van der Waals surface area contributed by atoms with Gasteiger partial charge in [0.2, 0.25) is 0 Å². The average Bonchev–Trinajstić information content (AvgIpc) is 2.84. The van der Waals surface area contributed by atoms with Gasteiger partial charge in [0.15, 0.2) is 0 Å². The Morgan fingerprint density at radius 2 is 2.10 bits per heavy atom. The summed E-state index contributed by atoms with van der Waals surface area (Å²) < 4.78 is 2.00. The van der Waals surface area contributed by atoms with E-state index in [1.165, 1.54) is 11.1 Å². The van der Waals surface area contributed by atoms with Crippen molar-refractivity contribution in [2.24, 2.45) is 0 Å². The van der Waals surface area contributed by atoms with Crippen molar-refractivity contribution in [3.8, 4) is 0 Å². The van der Waals surface area contributed by atoms with Gasteiger partial charge in [0, 0.05) is 37.1 Å². The van der Waals surface area contributed by atoms with E-state index in [9.17, 15) is 0 Å². The molecule has 0 spiro atoms. The number of anilines is 1. The molecule has 1 aromatic carbocycles. The summed E-state index contributed by atoms with van der Waals surface area (Å²) in [6.45, 7) is 4.92. The van der Waals surface area contributed by atoms with Gasteiger partial charge >= 0.3 is 0 Å². The Kier molecular flexibility index (Phi) is 5.18. The Labute approximate surface area is 121 Å². The summed E-state index contributed by atoms with van der Waals surface area (Å²) in [5.74, 6) is 0. The lowest BCUT2D eigenvalue weighted by Gasteiger charge is -2.11. The maximum Gasteiger partial charge on any atom is 0.0539 e. The summed E-state index contributed by atoms with van der Waals surface area (Å²) in [7, 11) is 4.17. The van der Waals surface area contributed by atoms with Crippen LogP contribution in [0.4, 0.5) is 5.69 Å². The van der Waals surface area contributed by atoms with E-state index in [0.717, 1.165) is 31.7 Å². The lowest BCUT2D eigenvalue weighted by molar-refractivity contribution is 0.402. The Balaban J connectivity index is 1.92. The zero-order valence-corrected chi connectivity index (χ0v) is 12.6. The third-order valence-corrected chi connectivity index (χ3v) is 3.06. The summed E-state index contributed by atoms with van der Waals surface area (Å²) >= 11 is 0. The molecule has 4 heteroatoms. The van der Waals surface area contributed by atoms with Crippen molar-refractivity contribution in [1.29, 1.82) is 0 Å². The van der Waals surface area contributed by atoms with Gasteiger partial charge in [-0.1, -0.05) is 19.1 Å². The van der Waals surface area contributed by atoms with Gasteiger partial charge in [0.1, 0.15) is 0 Å². The smallest absolute Gasteiger partial charge is 0.0539 e. The normalized spacial score (nSPS) is 11.0. The number of rotatable bonds is 7. The Morgan fingerprint density at radius 1 is 1.25 bits per heavy atom. The standard InChI is InChI=1S/C16H24N4/c1-4-8-20-13-15(11-18-20)10-17-16-7-5-6-14(9-16)12-19(2)3/h5-7,9,11,13,17H,4,8,10,12H2,1-3H3. The molecule has 0 unspecified atom stereocenters. The quantitative estimate of drug-likeness (QED) is 0.841. The molecule has 1 N–H and O–H groups in total. The van der Waals surface area contributed by atoms with Crippen molar-refractivity contribution in [3.63, 3.8) is 0 Å². The molecule has 0 radical (unpaired) electrons. The second kappa shape index (κ2) is 7.10. The Bertz CT molecular complexity index is 531. The topological polar surface area (TPSA) is 33.1 Å². The molecule has 1 aromatic heterocycles. The van der Waals surface area contributed by atoms with Crippen molar-refractivity contribution in [1.82, 2.24) is 14.7 Å². The van der Waals surface area contributed by atoms with Gasteiger partial charge in [-0.3, -0.25) is 4.68 Å². The minimum atomic E-state index is 0.815. The number of benzene rings is 1. The van der Waals surface area contributed by atoms with Crippen LogP contribution in [0, 0.1) is 0 Å². The van der Waals surface area contributed by atoms with E-state index in [4.69, 9.17) is 0 Å². The van der Waals surface area contributed by atoms with Gasteiger partial charge < -0.3 is 10.2 Å². The summed E-state index contributed by atoms with van der Waals surface area (Å²) in [6.07, 6.45) is 5.16. The summed E-state index contributed by atoms with van der Waals surface area (Å²) in [5, 5.41) is 7.80. The fourth-order valence-electron chi connectivity index (χ4n) is 2.20. The first kappa shape index (κ1) is 14.6. The third kappa shape index (κ3) is 4.38. The maximum atomic E-state index is 4.35. The van der Waals surface area contributed by atoms with E-state index in [-0.39, 0.29) is 0 Å². The molecule has 0 aliphatic carbocycles. The molecule has 2 rings (SSSR count). The van der Waals surface area contributed by atoms with Crippen LogP contribution in [-0.4, -0.2) is 28.8 Å². The van der Waals surface area contributed by atoms with Gasteiger partial charge in [-0.15, -0.1) is 0 Å². The highest BCUT2D eigenvalue weighted by Crippen LogP contribution is 2.13. The van der Waals surface area contributed by atoms with E-state index in [2.05, 4.69) is 66.8 Å². The van der Waals surface area contributed by atoms with E-state index >= 15 is 0 Å². The van der Waals surface area contributed by atoms with Crippen molar-refractivity contribution in [2.75, 3.05) is 19.4 Å². The summed E-state index contributed by atoms with van der Waals surface area (Å²) in [4.78, 5) is 2.17. The second-order valence-corrected chi connectivity index (χ2v) is 5.40. The van der Waals surface area contributed by atoms with Crippen LogP contribution in [-0.2, 0) is 19.6 Å². The fraction of sp³-hybridized carbons (Fsp3) is 0.438. The highest BCUT2D eigenvalue weighted by molar-refractivity contribution is 5.46. The number of hydrogen-bond donors (Lipinski definition) is 1. The molecule has 2 aromatic rings. The SMILES string of the molecule is CCCn1cc(CNc2cccc(CN(C)C)c2)cn1. The fourth-order valence-corrected chi connectivity index (χ4v) is 2.20. The summed E-state index contributed by atoms with van der Waals surface area (Å²) in [6, 6.07) is 8.57. The average molecular weight is 272 g/mol. The van der Waals surface area contributed by atoms with Crippen LogP contribution in [0.15, 0.2) is 36.7 Å². The molecule has 0 bridgehead atoms. The summed E-state index contributed by atoms with van der Waals surface area (Å²) in [5.41, 5.74) is 3.70. The number of nitrogens with zero attached hydrogens (tertiary/aromatic N) is 3. The van der Waals surface area contributed by atoms with E-state index < -0.39 is 0 Å². The van der Waals surface area contributed by atoms with E-state index in [0.29, 0.717) is 0 Å². The molecule has 0 saturated carbocycles. The molecule has 0 aliphatic heterocycles. The largest absolute Gasteiger partial charge is 0.381 e. The van der Waals surface area contributed by atoms with Crippen LogP contribution in [0.1, 0.15) is 24.5 Å². The molecular weight excluding hydrogens is 248 g/mol. The number of nitrogens with one attached hydrogen (secondary N) is 1. The molecule has 4 nitrogen and oxygen atoms in total. The lowest BCUT2D eigenvalue weighted by Crippen LogP contribution is -2.10. The molecule has 108 valence electrons. The van der Waals surface area contributed by atoms with Crippen LogP contribution in [0.3, 0.4) is 0 Å². The predicted octanol–water partition coefficient (Wildman–Crippen LogP) is 2.97.